The first-order chi connectivity index (χ1) is 10.7. The molecule has 2 fully saturated rings. The number of methoxy groups -OCH3 is 1. The Hall–Kier alpha value is -1.78. The lowest BCUT2D eigenvalue weighted by Gasteiger charge is -2.24. The molecule has 2 aliphatic carbocycles. The van der Waals surface area contributed by atoms with Crippen LogP contribution in [-0.4, -0.2) is 25.0 Å². The molecule has 0 bridgehead atoms. The van der Waals surface area contributed by atoms with Gasteiger partial charge in [0, 0.05) is 17.9 Å². The molecule has 0 radical (unpaired) electrons. The molecule has 0 unspecified atom stereocenters. The van der Waals surface area contributed by atoms with Gasteiger partial charge in [-0.3, -0.25) is 9.59 Å². The van der Waals surface area contributed by atoms with Gasteiger partial charge in [-0.05, 0) is 31.4 Å². The van der Waals surface area contributed by atoms with Crippen LogP contribution in [0.1, 0.15) is 50.2 Å². The van der Waals surface area contributed by atoms with Gasteiger partial charge in [0.25, 0.3) is 0 Å². The quantitative estimate of drug-likeness (QED) is 0.686. The maximum atomic E-state index is 12.4. The Labute approximate surface area is 130 Å². The SMILES string of the molecule is COC(=O)[C@@H]1CCCCC[C@@H]1NC(=O)[C@@H]1C[C@H]1c1ccco1. The van der Waals surface area contributed by atoms with Crippen molar-refractivity contribution in [1.29, 1.82) is 0 Å². The van der Waals surface area contributed by atoms with E-state index >= 15 is 0 Å². The average molecular weight is 305 g/mol. The molecule has 0 aromatic carbocycles. The summed E-state index contributed by atoms with van der Waals surface area (Å²) in [6.07, 6.45) is 7.29. The number of ether oxygens (including phenoxy) is 1. The molecule has 2 saturated carbocycles. The molecule has 0 saturated heterocycles. The minimum absolute atomic E-state index is 0.0206. The van der Waals surface area contributed by atoms with Crippen LogP contribution in [0.25, 0.3) is 0 Å². The fourth-order valence-corrected chi connectivity index (χ4v) is 3.51. The molecule has 1 aromatic rings. The third-order valence-corrected chi connectivity index (χ3v) is 4.88. The number of esters is 1. The third-order valence-electron chi connectivity index (χ3n) is 4.88. The minimum Gasteiger partial charge on any atom is -0.469 e. The first kappa shape index (κ1) is 15.1. The lowest BCUT2D eigenvalue weighted by Crippen LogP contribution is -2.44. The van der Waals surface area contributed by atoms with Gasteiger partial charge in [0.1, 0.15) is 5.76 Å². The van der Waals surface area contributed by atoms with Crippen molar-refractivity contribution < 1.29 is 18.7 Å². The van der Waals surface area contributed by atoms with E-state index < -0.39 is 0 Å². The highest BCUT2D eigenvalue weighted by atomic mass is 16.5. The molecular formula is C17H23NO4. The van der Waals surface area contributed by atoms with Crippen LogP contribution in [-0.2, 0) is 14.3 Å². The minimum atomic E-state index is -0.211. The van der Waals surface area contributed by atoms with Gasteiger partial charge < -0.3 is 14.5 Å². The first-order valence-electron chi connectivity index (χ1n) is 8.12. The van der Waals surface area contributed by atoms with Crippen molar-refractivity contribution in [2.24, 2.45) is 11.8 Å². The van der Waals surface area contributed by atoms with Crippen LogP contribution in [0.15, 0.2) is 22.8 Å². The zero-order valence-electron chi connectivity index (χ0n) is 12.9. The largest absolute Gasteiger partial charge is 0.469 e. The molecule has 120 valence electrons. The number of rotatable bonds is 4. The van der Waals surface area contributed by atoms with Gasteiger partial charge in [-0.1, -0.05) is 19.3 Å². The summed E-state index contributed by atoms with van der Waals surface area (Å²) < 4.78 is 10.3. The Morgan fingerprint density at radius 1 is 1.23 bits per heavy atom. The average Bonchev–Trinajstić information content (AvgIpc) is 3.21. The zero-order valence-corrected chi connectivity index (χ0v) is 12.9. The molecule has 1 heterocycles. The predicted octanol–water partition coefficient (Wildman–Crippen LogP) is 2.62. The number of nitrogens with one attached hydrogen (secondary N) is 1. The molecule has 1 aromatic heterocycles. The van der Waals surface area contributed by atoms with Crippen molar-refractivity contribution in [3.63, 3.8) is 0 Å². The Kier molecular flexibility index (Phi) is 4.50. The van der Waals surface area contributed by atoms with Gasteiger partial charge in [-0.2, -0.15) is 0 Å². The second kappa shape index (κ2) is 6.55. The summed E-state index contributed by atoms with van der Waals surface area (Å²) in [6.45, 7) is 0. The van der Waals surface area contributed by atoms with E-state index in [1.165, 1.54) is 7.11 Å². The van der Waals surface area contributed by atoms with Crippen molar-refractivity contribution in [3.05, 3.63) is 24.2 Å². The molecule has 5 heteroatoms. The second-order valence-corrected chi connectivity index (χ2v) is 6.35. The smallest absolute Gasteiger partial charge is 0.310 e. The fourth-order valence-electron chi connectivity index (χ4n) is 3.51. The number of carbonyl (C=O) groups is 2. The van der Waals surface area contributed by atoms with Crippen molar-refractivity contribution >= 4 is 11.9 Å². The van der Waals surface area contributed by atoms with Crippen molar-refractivity contribution in [1.82, 2.24) is 5.32 Å². The van der Waals surface area contributed by atoms with E-state index in [1.807, 2.05) is 12.1 Å². The Balaban J connectivity index is 1.60. The summed E-state index contributed by atoms with van der Waals surface area (Å²) in [5.74, 6) is 0.681. The summed E-state index contributed by atoms with van der Waals surface area (Å²) in [7, 11) is 1.42. The highest BCUT2D eigenvalue weighted by Gasteiger charge is 2.47. The molecule has 22 heavy (non-hydrogen) atoms. The molecule has 0 spiro atoms. The van der Waals surface area contributed by atoms with E-state index in [1.54, 1.807) is 6.26 Å². The van der Waals surface area contributed by atoms with Gasteiger partial charge >= 0.3 is 5.97 Å². The summed E-state index contributed by atoms with van der Waals surface area (Å²) in [4.78, 5) is 24.4. The normalized spacial score (nSPS) is 31.1. The van der Waals surface area contributed by atoms with Gasteiger partial charge in [0.05, 0.1) is 19.3 Å². The van der Waals surface area contributed by atoms with Crippen LogP contribution in [0.3, 0.4) is 0 Å². The van der Waals surface area contributed by atoms with E-state index in [2.05, 4.69) is 5.32 Å². The van der Waals surface area contributed by atoms with Crippen LogP contribution < -0.4 is 5.32 Å². The second-order valence-electron chi connectivity index (χ2n) is 6.35. The zero-order chi connectivity index (χ0) is 15.5. The first-order valence-corrected chi connectivity index (χ1v) is 8.12. The molecule has 1 N–H and O–H groups in total. The molecule has 5 nitrogen and oxygen atoms in total. The standard InChI is InChI=1S/C17H23NO4/c1-21-17(20)11-6-3-2-4-7-14(11)18-16(19)13-10-12(13)15-8-5-9-22-15/h5,8-9,11-14H,2-4,6-7,10H2,1H3,(H,18,19)/t11-,12-,13-,14+/m1/s1. The maximum absolute atomic E-state index is 12.4. The lowest BCUT2D eigenvalue weighted by atomic mass is 9.94. The van der Waals surface area contributed by atoms with Gasteiger partial charge in [-0.15, -0.1) is 0 Å². The third kappa shape index (κ3) is 3.18. The summed E-state index contributed by atoms with van der Waals surface area (Å²) in [5.41, 5.74) is 0. The number of hydrogen-bond acceptors (Lipinski definition) is 4. The topological polar surface area (TPSA) is 68.5 Å². The maximum Gasteiger partial charge on any atom is 0.310 e. The summed E-state index contributed by atoms with van der Waals surface area (Å²) in [5, 5.41) is 3.10. The molecular weight excluding hydrogens is 282 g/mol. The van der Waals surface area contributed by atoms with E-state index in [-0.39, 0.29) is 35.7 Å². The van der Waals surface area contributed by atoms with Gasteiger partial charge in [-0.25, -0.2) is 0 Å². The molecule has 4 atom stereocenters. The van der Waals surface area contributed by atoms with Crippen molar-refractivity contribution in [2.45, 2.75) is 50.5 Å². The Morgan fingerprint density at radius 2 is 2.05 bits per heavy atom. The van der Waals surface area contributed by atoms with Gasteiger partial charge in [0.15, 0.2) is 0 Å². The summed E-state index contributed by atoms with van der Waals surface area (Å²) in [6, 6.07) is 3.67. The van der Waals surface area contributed by atoms with Gasteiger partial charge in [0.2, 0.25) is 5.91 Å². The summed E-state index contributed by atoms with van der Waals surface area (Å²) >= 11 is 0. The highest BCUT2D eigenvalue weighted by Crippen LogP contribution is 2.47. The van der Waals surface area contributed by atoms with Crippen molar-refractivity contribution in [2.75, 3.05) is 7.11 Å². The fraction of sp³-hybridized carbons (Fsp3) is 0.647. The number of furan rings is 1. The number of amides is 1. The Bertz CT molecular complexity index is 525. The van der Waals surface area contributed by atoms with Crippen LogP contribution in [0, 0.1) is 11.8 Å². The van der Waals surface area contributed by atoms with Crippen LogP contribution in [0.4, 0.5) is 0 Å². The molecule has 2 aliphatic rings. The number of hydrogen-bond donors (Lipinski definition) is 1. The Morgan fingerprint density at radius 3 is 2.77 bits per heavy atom. The van der Waals surface area contributed by atoms with E-state index in [4.69, 9.17) is 9.15 Å². The van der Waals surface area contributed by atoms with Crippen LogP contribution >= 0.6 is 0 Å². The molecule has 0 aliphatic heterocycles. The monoisotopic (exact) mass is 305 g/mol. The lowest BCUT2D eigenvalue weighted by molar-refractivity contribution is -0.147. The number of carbonyl (C=O) groups excluding carboxylic acids is 2. The van der Waals surface area contributed by atoms with Crippen LogP contribution in [0.2, 0.25) is 0 Å². The molecule has 1 amide bonds. The van der Waals surface area contributed by atoms with E-state index in [9.17, 15) is 9.59 Å². The van der Waals surface area contributed by atoms with Crippen LogP contribution in [0.5, 0.6) is 0 Å². The van der Waals surface area contributed by atoms with Crippen molar-refractivity contribution in [3.8, 4) is 0 Å². The highest BCUT2D eigenvalue weighted by molar-refractivity contribution is 5.84. The van der Waals surface area contributed by atoms with E-state index in [0.29, 0.717) is 0 Å². The predicted molar refractivity (Wildman–Crippen MR) is 80.1 cm³/mol. The molecule has 3 rings (SSSR count). The van der Waals surface area contributed by atoms with E-state index in [0.717, 1.165) is 44.3 Å².